The standard InChI is InChI=1S/C28H37N3OS/c1-29-17-14-26(27-13-8-20-33-27)32-25-12-7-9-23(21-25)22-31-18-15-28(16-19-31,30(2)3)24-10-5-4-6-11-24/h4-13,20-21,26,29H,14-19,22H2,1-3H3/t26-/m0/s1. The first-order valence-corrected chi connectivity index (χ1v) is 12.9. The molecule has 0 aliphatic carbocycles. The third-order valence-corrected chi connectivity index (χ3v) is 7.91. The highest BCUT2D eigenvalue weighted by Gasteiger charge is 2.37. The second-order valence-corrected chi connectivity index (χ2v) is 10.2. The normalized spacial score (nSPS) is 17.2. The average Bonchev–Trinajstić information content (AvgIpc) is 3.38. The summed E-state index contributed by atoms with van der Waals surface area (Å²) in [6.07, 6.45) is 3.34. The number of benzene rings is 2. The van der Waals surface area contributed by atoms with Gasteiger partial charge in [0.05, 0.1) is 0 Å². The minimum atomic E-state index is 0.0919. The van der Waals surface area contributed by atoms with E-state index in [0.717, 1.165) is 51.2 Å². The lowest BCUT2D eigenvalue weighted by Crippen LogP contribution is -2.50. The largest absolute Gasteiger partial charge is 0.485 e. The van der Waals surface area contributed by atoms with Crippen LogP contribution < -0.4 is 10.1 Å². The van der Waals surface area contributed by atoms with Gasteiger partial charge < -0.3 is 10.1 Å². The molecule has 1 saturated heterocycles. The predicted octanol–water partition coefficient (Wildman–Crippen LogP) is 5.53. The Bertz CT molecular complexity index is 966. The van der Waals surface area contributed by atoms with Gasteiger partial charge >= 0.3 is 0 Å². The Hall–Kier alpha value is -2.18. The summed E-state index contributed by atoms with van der Waals surface area (Å²) in [5.41, 5.74) is 2.89. The Kier molecular flexibility index (Phi) is 8.20. The van der Waals surface area contributed by atoms with Crippen molar-refractivity contribution in [2.24, 2.45) is 0 Å². The Morgan fingerprint density at radius 2 is 1.82 bits per heavy atom. The van der Waals surface area contributed by atoms with Gasteiger partial charge in [0, 0.05) is 36.5 Å². The number of rotatable bonds is 10. The van der Waals surface area contributed by atoms with Crippen molar-refractivity contribution in [3.63, 3.8) is 0 Å². The number of thiophene rings is 1. The maximum atomic E-state index is 6.46. The van der Waals surface area contributed by atoms with E-state index >= 15 is 0 Å². The van der Waals surface area contributed by atoms with E-state index in [2.05, 4.69) is 101 Å². The molecule has 1 aliphatic rings. The number of likely N-dealkylation sites (tertiary alicyclic amines) is 1. The maximum Gasteiger partial charge on any atom is 0.134 e. The molecular formula is C28H37N3OS. The molecule has 33 heavy (non-hydrogen) atoms. The Balaban J connectivity index is 1.40. The molecule has 1 N–H and O–H groups in total. The van der Waals surface area contributed by atoms with Gasteiger partial charge in [0.1, 0.15) is 11.9 Å². The molecule has 1 atom stereocenters. The Morgan fingerprint density at radius 3 is 2.48 bits per heavy atom. The molecule has 0 amide bonds. The Labute approximate surface area is 203 Å². The molecule has 4 nitrogen and oxygen atoms in total. The number of nitrogens with one attached hydrogen (secondary N) is 1. The van der Waals surface area contributed by atoms with Gasteiger partial charge in [-0.05, 0) is 75.2 Å². The molecule has 2 aromatic carbocycles. The lowest BCUT2D eigenvalue weighted by atomic mass is 9.79. The zero-order valence-corrected chi connectivity index (χ0v) is 21.0. The fourth-order valence-electron chi connectivity index (χ4n) is 4.97. The number of nitrogens with zero attached hydrogens (tertiary/aromatic N) is 2. The monoisotopic (exact) mass is 463 g/mol. The zero-order valence-electron chi connectivity index (χ0n) is 20.2. The molecule has 0 bridgehead atoms. The van der Waals surface area contributed by atoms with Crippen molar-refractivity contribution in [1.82, 2.24) is 15.1 Å². The lowest BCUT2D eigenvalue weighted by Gasteiger charge is -2.46. The van der Waals surface area contributed by atoms with Crippen LogP contribution in [0.25, 0.3) is 0 Å². The van der Waals surface area contributed by atoms with E-state index in [4.69, 9.17) is 4.74 Å². The van der Waals surface area contributed by atoms with E-state index in [1.54, 1.807) is 11.3 Å². The van der Waals surface area contributed by atoms with Gasteiger partial charge in [-0.3, -0.25) is 9.80 Å². The van der Waals surface area contributed by atoms with Crippen molar-refractivity contribution in [3.8, 4) is 5.75 Å². The lowest BCUT2D eigenvalue weighted by molar-refractivity contribution is 0.0507. The van der Waals surface area contributed by atoms with Crippen LogP contribution in [0.15, 0.2) is 72.1 Å². The van der Waals surface area contributed by atoms with E-state index in [-0.39, 0.29) is 11.6 Å². The molecule has 5 heteroatoms. The highest BCUT2D eigenvalue weighted by Crippen LogP contribution is 2.37. The van der Waals surface area contributed by atoms with Gasteiger partial charge in [0.15, 0.2) is 0 Å². The van der Waals surface area contributed by atoms with Crippen LogP contribution in [0.3, 0.4) is 0 Å². The summed E-state index contributed by atoms with van der Waals surface area (Å²) >= 11 is 1.77. The fourth-order valence-corrected chi connectivity index (χ4v) is 5.76. The Morgan fingerprint density at radius 1 is 1.03 bits per heavy atom. The summed E-state index contributed by atoms with van der Waals surface area (Å²) in [4.78, 5) is 6.29. The first-order valence-electron chi connectivity index (χ1n) is 12.0. The molecule has 0 spiro atoms. The number of hydrogen-bond acceptors (Lipinski definition) is 5. The molecule has 0 saturated carbocycles. The minimum Gasteiger partial charge on any atom is -0.485 e. The predicted molar refractivity (Wildman–Crippen MR) is 139 cm³/mol. The van der Waals surface area contributed by atoms with Gasteiger partial charge in [-0.2, -0.15) is 0 Å². The maximum absolute atomic E-state index is 6.46. The highest BCUT2D eigenvalue weighted by molar-refractivity contribution is 7.10. The quantitative estimate of drug-likeness (QED) is 0.428. The fraction of sp³-hybridized carbons (Fsp3) is 0.429. The van der Waals surface area contributed by atoms with Crippen LogP contribution >= 0.6 is 11.3 Å². The van der Waals surface area contributed by atoms with Crippen LogP contribution in [-0.2, 0) is 12.1 Å². The molecule has 3 aromatic rings. The first kappa shape index (κ1) is 24.0. The van der Waals surface area contributed by atoms with E-state index in [1.807, 2.05) is 7.05 Å². The summed E-state index contributed by atoms with van der Waals surface area (Å²) in [5.74, 6) is 0.964. The third-order valence-electron chi connectivity index (χ3n) is 6.95. The smallest absolute Gasteiger partial charge is 0.134 e. The average molecular weight is 464 g/mol. The summed E-state index contributed by atoms with van der Waals surface area (Å²) in [5, 5.41) is 5.38. The van der Waals surface area contributed by atoms with Crippen molar-refractivity contribution in [1.29, 1.82) is 0 Å². The minimum absolute atomic E-state index is 0.0919. The van der Waals surface area contributed by atoms with Crippen LogP contribution in [0.2, 0.25) is 0 Å². The topological polar surface area (TPSA) is 27.7 Å². The molecule has 1 fully saturated rings. The van der Waals surface area contributed by atoms with Gasteiger partial charge in [-0.1, -0.05) is 48.5 Å². The van der Waals surface area contributed by atoms with Crippen molar-refractivity contribution in [2.45, 2.75) is 37.5 Å². The summed E-state index contributed by atoms with van der Waals surface area (Å²) < 4.78 is 6.46. The number of hydrogen-bond donors (Lipinski definition) is 1. The van der Waals surface area contributed by atoms with Crippen molar-refractivity contribution in [3.05, 3.63) is 88.1 Å². The highest BCUT2D eigenvalue weighted by atomic mass is 32.1. The van der Waals surface area contributed by atoms with Gasteiger partial charge in [0.2, 0.25) is 0 Å². The van der Waals surface area contributed by atoms with Gasteiger partial charge in [-0.25, -0.2) is 0 Å². The van der Waals surface area contributed by atoms with Gasteiger partial charge in [-0.15, -0.1) is 11.3 Å². The molecule has 176 valence electrons. The van der Waals surface area contributed by atoms with Crippen LogP contribution in [0, 0.1) is 0 Å². The van der Waals surface area contributed by atoms with Crippen LogP contribution in [-0.4, -0.2) is 50.6 Å². The van der Waals surface area contributed by atoms with Crippen molar-refractivity contribution >= 4 is 11.3 Å². The molecule has 1 aromatic heterocycles. The van der Waals surface area contributed by atoms with E-state index in [0.29, 0.717) is 0 Å². The summed E-state index contributed by atoms with van der Waals surface area (Å²) in [7, 11) is 6.44. The SMILES string of the molecule is CNCC[C@H](Oc1cccc(CN2CCC(c3ccccc3)(N(C)C)CC2)c1)c1cccs1. The van der Waals surface area contributed by atoms with Crippen molar-refractivity contribution < 1.29 is 4.74 Å². The second-order valence-electron chi connectivity index (χ2n) is 9.23. The molecular weight excluding hydrogens is 426 g/mol. The molecule has 0 radical (unpaired) electrons. The van der Waals surface area contributed by atoms with E-state index < -0.39 is 0 Å². The first-order chi connectivity index (χ1) is 16.1. The summed E-state index contributed by atoms with van der Waals surface area (Å²) in [6.45, 7) is 4.09. The number of ether oxygens (including phenoxy) is 1. The summed E-state index contributed by atoms with van der Waals surface area (Å²) in [6, 6.07) is 24.0. The number of piperidine rings is 1. The van der Waals surface area contributed by atoms with E-state index in [9.17, 15) is 0 Å². The van der Waals surface area contributed by atoms with Crippen LogP contribution in [0.5, 0.6) is 5.75 Å². The van der Waals surface area contributed by atoms with Crippen LogP contribution in [0.1, 0.15) is 41.4 Å². The molecule has 0 unspecified atom stereocenters. The van der Waals surface area contributed by atoms with Crippen molar-refractivity contribution in [2.75, 3.05) is 40.8 Å². The van der Waals surface area contributed by atoms with E-state index in [1.165, 1.54) is 16.0 Å². The molecule has 2 heterocycles. The molecule has 1 aliphatic heterocycles. The molecule has 4 rings (SSSR count). The second kappa shape index (κ2) is 11.3. The van der Waals surface area contributed by atoms with Crippen LogP contribution in [0.4, 0.5) is 0 Å². The zero-order chi connectivity index (χ0) is 23.1. The third kappa shape index (κ3) is 5.85. The van der Waals surface area contributed by atoms with Gasteiger partial charge in [0.25, 0.3) is 0 Å².